The van der Waals surface area contributed by atoms with E-state index in [1.54, 1.807) is 14.2 Å². The first-order valence-corrected chi connectivity index (χ1v) is 10.2. The van der Waals surface area contributed by atoms with Crippen molar-refractivity contribution >= 4 is 5.78 Å². The first-order chi connectivity index (χ1) is 14.6. The van der Waals surface area contributed by atoms with Crippen molar-refractivity contribution in [3.63, 3.8) is 0 Å². The Kier molecular flexibility index (Phi) is 5.86. The van der Waals surface area contributed by atoms with Crippen LogP contribution < -0.4 is 9.47 Å². The van der Waals surface area contributed by atoms with E-state index in [1.165, 1.54) is 0 Å². The molecule has 0 saturated carbocycles. The maximum atomic E-state index is 13.5. The highest BCUT2D eigenvalue weighted by atomic mass is 16.5. The lowest BCUT2D eigenvalue weighted by molar-refractivity contribution is -0.127. The van der Waals surface area contributed by atoms with Gasteiger partial charge in [-0.2, -0.15) is 0 Å². The number of hydrogen-bond donors (Lipinski definition) is 0. The molecule has 1 aliphatic rings. The second-order valence-corrected chi connectivity index (χ2v) is 7.73. The molecule has 30 heavy (non-hydrogen) atoms. The van der Waals surface area contributed by atoms with Gasteiger partial charge in [0.2, 0.25) is 0 Å². The van der Waals surface area contributed by atoms with E-state index in [1.807, 2.05) is 42.5 Å². The third kappa shape index (κ3) is 3.83. The Labute approximate surface area is 178 Å². The van der Waals surface area contributed by atoms with Gasteiger partial charge >= 0.3 is 0 Å². The Morgan fingerprint density at radius 3 is 1.80 bits per heavy atom. The molecular formula is C26H27NO3. The van der Waals surface area contributed by atoms with Crippen LogP contribution >= 0.6 is 0 Å². The molecule has 0 N–H and O–H groups in total. The molecule has 0 spiro atoms. The Morgan fingerprint density at radius 2 is 1.27 bits per heavy atom. The van der Waals surface area contributed by atoms with E-state index < -0.39 is 0 Å². The molecule has 4 nitrogen and oxygen atoms in total. The number of nitrogens with zero attached hydrogens (tertiary/aromatic N) is 1. The van der Waals surface area contributed by atoms with Crippen molar-refractivity contribution in [2.45, 2.75) is 24.4 Å². The van der Waals surface area contributed by atoms with E-state index in [-0.39, 0.29) is 23.8 Å². The van der Waals surface area contributed by atoms with Crippen molar-refractivity contribution in [2.24, 2.45) is 0 Å². The zero-order valence-electron chi connectivity index (χ0n) is 17.6. The monoisotopic (exact) mass is 401 g/mol. The molecule has 154 valence electrons. The fraction of sp³-hybridized carbons (Fsp3) is 0.269. The number of benzene rings is 3. The van der Waals surface area contributed by atoms with Gasteiger partial charge in [-0.1, -0.05) is 54.6 Å². The zero-order chi connectivity index (χ0) is 21.1. The summed E-state index contributed by atoms with van der Waals surface area (Å²) < 4.78 is 10.6. The molecule has 0 aromatic heterocycles. The van der Waals surface area contributed by atoms with Gasteiger partial charge in [-0.25, -0.2) is 0 Å². The molecule has 4 rings (SSSR count). The van der Waals surface area contributed by atoms with Crippen molar-refractivity contribution in [3.05, 3.63) is 95.6 Å². The summed E-state index contributed by atoms with van der Waals surface area (Å²) in [5, 5.41) is 0. The van der Waals surface area contributed by atoms with Crippen LogP contribution in [0.3, 0.4) is 0 Å². The molecule has 1 saturated heterocycles. The van der Waals surface area contributed by atoms with Crippen molar-refractivity contribution in [3.8, 4) is 11.5 Å². The summed E-state index contributed by atoms with van der Waals surface area (Å²) in [4.78, 5) is 15.8. The minimum atomic E-state index is -0.209. The van der Waals surface area contributed by atoms with Crippen LogP contribution in [0.2, 0.25) is 0 Å². The lowest BCUT2D eigenvalue weighted by atomic mass is 9.76. The quantitative estimate of drug-likeness (QED) is 0.591. The van der Waals surface area contributed by atoms with Crippen LogP contribution in [0.15, 0.2) is 78.9 Å². The molecule has 1 fully saturated rings. The first kappa shape index (κ1) is 20.2. The third-order valence-electron chi connectivity index (χ3n) is 6.10. The van der Waals surface area contributed by atoms with E-state index in [9.17, 15) is 4.79 Å². The summed E-state index contributed by atoms with van der Waals surface area (Å²) in [5.74, 6) is 1.68. The number of ketones is 1. The van der Waals surface area contributed by atoms with Crippen molar-refractivity contribution in [1.29, 1.82) is 0 Å². The van der Waals surface area contributed by atoms with Crippen LogP contribution in [-0.4, -0.2) is 32.0 Å². The fourth-order valence-corrected chi connectivity index (χ4v) is 4.50. The topological polar surface area (TPSA) is 38.8 Å². The number of ether oxygens (including phenoxy) is 2. The Morgan fingerprint density at radius 1 is 0.733 bits per heavy atom. The van der Waals surface area contributed by atoms with Crippen LogP contribution in [0, 0.1) is 0 Å². The molecule has 0 bridgehead atoms. The van der Waals surface area contributed by atoms with Crippen LogP contribution in [0.5, 0.6) is 11.5 Å². The van der Waals surface area contributed by atoms with E-state index in [0.29, 0.717) is 6.42 Å². The Hall–Kier alpha value is -3.11. The van der Waals surface area contributed by atoms with Gasteiger partial charge in [-0.15, -0.1) is 0 Å². The van der Waals surface area contributed by atoms with E-state index >= 15 is 0 Å². The van der Waals surface area contributed by atoms with Gasteiger partial charge < -0.3 is 9.47 Å². The normalized spacial score (nSPS) is 22.0. The number of carbonyl (C=O) groups is 1. The molecule has 0 aliphatic carbocycles. The number of likely N-dealkylation sites (tertiary alicyclic amines) is 1. The summed E-state index contributed by atoms with van der Waals surface area (Å²) in [5.41, 5.74) is 3.29. The number of Topliss-reactive ketones (excluding diaryl/α,β-unsaturated/α-hetero) is 1. The zero-order valence-corrected chi connectivity index (χ0v) is 17.6. The van der Waals surface area contributed by atoms with Crippen molar-refractivity contribution in [2.75, 3.05) is 21.3 Å². The third-order valence-corrected chi connectivity index (χ3v) is 6.10. The molecular weight excluding hydrogens is 374 g/mol. The van der Waals surface area contributed by atoms with Gasteiger partial charge in [0.05, 0.1) is 20.1 Å². The lowest BCUT2D eigenvalue weighted by Crippen LogP contribution is -2.42. The van der Waals surface area contributed by atoms with Crippen LogP contribution in [0.25, 0.3) is 0 Å². The van der Waals surface area contributed by atoms with Gasteiger partial charge in [0, 0.05) is 18.5 Å². The molecule has 3 atom stereocenters. The second-order valence-electron chi connectivity index (χ2n) is 7.73. The summed E-state index contributed by atoms with van der Waals surface area (Å²) in [6, 6.07) is 26.2. The SMILES string of the molecule is COc1ccc([C@@H]2CC(=O)[C@H](c3ccccc3)[C@H](c3ccc(OC)cc3)N2C)cc1. The molecule has 3 aromatic rings. The number of methoxy groups -OCH3 is 2. The van der Waals surface area contributed by atoms with Crippen LogP contribution in [0.1, 0.15) is 41.1 Å². The number of hydrogen-bond acceptors (Lipinski definition) is 4. The standard InChI is InChI=1S/C26H27NO3/c1-27-23(18-9-13-21(29-2)14-10-18)17-24(28)25(19-7-5-4-6-8-19)26(27)20-11-15-22(30-3)16-12-20/h4-16,23,25-26H,17H2,1-3H3/t23-,25-,26-/m0/s1. The van der Waals surface area contributed by atoms with E-state index in [2.05, 4.69) is 48.3 Å². The molecule has 3 aromatic carbocycles. The summed E-state index contributed by atoms with van der Waals surface area (Å²) >= 11 is 0. The average molecular weight is 402 g/mol. The number of likely N-dealkylation sites (N-methyl/N-ethyl adjacent to an activating group) is 1. The molecule has 4 heteroatoms. The highest BCUT2D eigenvalue weighted by Crippen LogP contribution is 2.46. The van der Waals surface area contributed by atoms with Gasteiger partial charge in [-0.3, -0.25) is 9.69 Å². The highest BCUT2D eigenvalue weighted by molar-refractivity contribution is 5.88. The molecule has 0 amide bonds. The second kappa shape index (κ2) is 8.72. The predicted molar refractivity (Wildman–Crippen MR) is 118 cm³/mol. The smallest absolute Gasteiger partial charge is 0.144 e. The maximum absolute atomic E-state index is 13.5. The lowest BCUT2D eigenvalue weighted by Gasteiger charge is -2.44. The minimum absolute atomic E-state index is 0.00969. The maximum Gasteiger partial charge on any atom is 0.144 e. The van der Waals surface area contributed by atoms with Crippen molar-refractivity contribution < 1.29 is 14.3 Å². The average Bonchev–Trinajstić information content (AvgIpc) is 2.81. The number of carbonyl (C=O) groups excluding carboxylic acids is 1. The number of rotatable bonds is 5. The van der Waals surface area contributed by atoms with E-state index in [4.69, 9.17) is 9.47 Å². The molecule has 1 heterocycles. The first-order valence-electron chi connectivity index (χ1n) is 10.2. The highest BCUT2D eigenvalue weighted by Gasteiger charge is 2.42. The van der Waals surface area contributed by atoms with Gasteiger partial charge in [0.15, 0.2) is 0 Å². The van der Waals surface area contributed by atoms with Gasteiger partial charge in [0.1, 0.15) is 17.3 Å². The molecule has 0 radical (unpaired) electrons. The van der Waals surface area contributed by atoms with Gasteiger partial charge in [-0.05, 0) is 48.0 Å². The Bertz CT molecular complexity index is 983. The van der Waals surface area contributed by atoms with Gasteiger partial charge in [0.25, 0.3) is 0 Å². The predicted octanol–water partition coefficient (Wildman–Crippen LogP) is 5.17. The summed E-state index contributed by atoms with van der Waals surface area (Å²) in [7, 11) is 5.44. The molecule has 1 aliphatic heterocycles. The Balaban J connectivity index is 1.76. The largest absolute Gasteiger partial charge is 0.497 e. The number of piperidine rings is 1. The van der Waals surface area contributed by atoms with Crippen molar-refractivity contribution in [1.82, 2.24) is 4.90 Å². The van der Waals surface area contributed by atoms with Crippen LogP contribution in [-0.2, 0) is 4.79 Å². The molecule has 0 unspecified atom stereocenters. The van der Waals surface area contributed by atoms with Crippen LogP contribution in [0.4, 0.5) is 0 Å². The fourth-order valence-electron chi connectivity index (χ4n) is 4.50. The summed E-state index contributed by atoms with van der Waals surface area (Å²) in [6.45, 7) is 0. The minimum Gasteiger partial charge on any atom is -0.497 e. The summed E-state index contributed by atoms with van der Waals surface area (Å²) in [6.07, 6.45) is 0.481. The van der Waals surface area contributed by atoms with E-state index in [0.717, 1.165) is 28.2 Å².